The van der Waals surface area contributed by atoms with Crippen LogP contribution in [0.15, 0.2) is 27.6 Å². The molecule has 1 aromatic heterocycles. The number of pyridine rings is 1. The number of amides is 1. The maximum Gasteiger partial charge on any atom is 0.265 e. The minimum Gasteiger partial charge on any atom is -0.383 e. The Hall–Kier alpha value is -1.14. The molecule has 5 nitrogen and oxygen atoms in total. The molecule has 0 radical (unpaired) electrons. The topological polar surface area (TPSA) is 60.3 Å². The number of halogens is 1. The molecule has 16 heavy (non-hydrogen) atoms. The van der Waals surface area contributed by atoms with Crippen molar-refractivity contribution < 1.29 is 9.53 Å². The zero-order valence-corrected chi connectivity index (χ0v) is 10.5. The number of ether oxygens (including phenoxy) is 1. The molecule has 0 aliphatic rings. The Morgan fingerprint density at radius 3 is 3.06 bits per heavy atom. The van der Waals surface area contributed by atoms with Crippen molar-refractivity contribution in [3.05, 3.63) is 33.2 Å². The van der Waals surface area contributed by atoms with E-state index in [1.54, 1.807) is 25.4 Å². The molecule has 0 bridgehead atoms. The average Bonchev–Trinajstić information content (AvgIpc) is 2.25. The molecular weight excluding hydrogens is 276 g/mol. The summed E-state index contributed by atoms with van der Waals surface area (Å²) in [6.45, 7) is 0.916. The quantitative estimate of drug-likeness (QED) is 0.797. The molecule has 0 spiro atoms. The van der Waals surface area contributed by atoms with Crippen LogP contribution in [0.1, 0.15) is 0 Å². The van der Waals surface area contributed by atoms with E-state index in [4.69, 9.17) is 4.74 Å². The molecule has 0 unspecified atom stereocenters. The average molecular weight is 289 g/mol. The maximum atomic E-state index is 11.5. The predicted octanol–water partition coefficient (Wildman–Crippen LogP) is 0.373. The van der Waals surface area contributed by atoms with Gasteiger partial charge in [0.15, 0.2) is 0 Å². The number of methoxy groups -OCH3 is 1. The number of carbonyl (C=O) groups is 1. The van der Waals surface area contributed by atoms with Crippen LogP contribution in [0.3, 0.4) is 0 Å². The summed E-state index contributed by atoms with van der Waals surface area (Å²) < 4.78 is 6.58. The van der Waals surface area contributed by atoms with Crippen LogP contribution >= 0.6 is 15.9 Å². The summed E-state index contributed by atoms with van der Waals surface area (Å²) in [6.07, 6.45) is 1.57. The van der Waals surface area contributed by atoms with E-state index in [0.717, 1.165) is 0 Å². The lowest BCUT2D eigenvalue weighted by Crippen LogP contribution is -2.33. The smallest absolute Gasteiger partial charge is 0.265 e. The Labute approximate surface area is 102 Å². The molecule has 1 amide bonds. The molecule has 0 aliphatic heterocycles. The number of carbonyl (C=O) groups excluding carboxylic acids is 1. The Bertz CT molecular complexity index is 417. The first kappa shape index (κ1) is 12.9. The first-order valence-electron chi connectivity index (χ1n) is 4.75. The lowest BCUT2D eigenvalue weighted by atomic mass is 10.4. The summed E-state index contributed by atoms with van der Waals surface area (Å²) in [5, 5.41) is 2.64. The Morgan fingerprint density at radius 1 is 1.62 bits per heavy atom. The molecule has 0 aliphatic carbocycles. The van der Waals surface area contributed by atoms with E-state index >= 15 is 0 Å². The van der Waals surface area contributed by atoms with Gasteiger partial charge < -0.3 is 14.6 Å². The summed E-state index contributed by atoms with van der Waals surface area (Å²) >= 11 is 3.11. The van der Waals surface area contributed by atoms with Crippen molar-refractivity contribution in [2.24, 2.45) is 0 Å². The second kappa shape index (κ2) is 6.44. The van der Waals surface area contributed by atoms with Crippen LogP contribution in [-0.4, -0.2) is 30.7 Å². The fraction of sp³-hybridized carbons (Fsp3) is 0.400. The number of aromatic nitrogens is 1. The van der Waals surface area contributed by atoms with E-state index in [1.165, 1.54) is 4.57 Å². The molecule has 0 saturated carbocycles. The van der Waals surface area contributed by atoms with E-state index in [2.05, 4.69) is 21.2 Å². The number of nitrogens with one attached hydrogen (secondary N) is 1. The largest absolute Gasteiger partial charge is 0.383 e. The second-order valence-electron chi connectivity index (χ2n) is 3.13. The molecule has 0 saturated heterocycles. The number of nitrogens with zero attached hydrogens (tertiary/aromatic N) is 1. The van der Waals surface area contributed by atoms with Gasteiger partial charge in [0.05, 0.1) is 11.1 Å². The third kappa shape index (κ3) is 3.79. The summed E-state index contributed by atoms with van der Waals surface area (Å²) in [6, 6.07) is 3.34. The molecule has 0 atom stereocenters. The van der Waals surface area contributed by atoms with E-state index in [1.807, 2.05) is 0 Å². The van der Waals surface area contributed by atoms with Crippen molar-refractivity contribution in [2.45, 2.75) is 6.54 Å². The Morgan fingerprint density at radius 2 is 2.38 bits per heavy atom. The first-order chi connectivity index (χ1) is 7.65. The van der Waals surface area contributed by atoms with Crippen LogP contribution in [0.5, 0.6) is 0 Å². The van der Waals surface area contributed by atoms with Crippen LogP contribution in [-0.2, 0) is 16.1 Å². The molecule has 1 rings (SSSR count). The maximum absolute atomic E-state index is 11.5. The van der Waals surface area contributed by atoms with Gasteiger partial charge in [-0.25, -0.2) is 0 Å². The lowest BCUT2D eigenvalue weighted by molar-refractivity contribution is -0.121. The monoisotopic (exact) mass is 288 g/mol. The number of hydrogen-bond donors (Lipinski definition) is 1. The lowest BCUT2D eigenvalue weighted by Gasteiger charge is -2.06. The fourth-order valence-electron chi connectivity index (χ4n) is 1.14. The van der Waals surface area contributed by atoms with Gasteiger partial charge in [0.2, 0.25) is 5.91 Å². The molecule has 1 aromatic rings. The highest BCUT2D eigenvalue weighted by Gasteiger charge is 2.05. The van der Waals surface area contributed by atoms with E-state index in [-0.39, 0.29) is 18.0 Å². The molecule has 1 heterocycles. The highest BCUT2D eigenvalue weighted by Crippen LogP contribution is 2.00. The van der Waals surface area contributed by atoms with Gasteiger partial charge in [0.25, 0.3) is 5.56 Å². The van der Waals surface area contributed by atoms with Crippen molar-refractivity contribution in [2.75, 3.05) is 20.3 Å². The third-order valence-electron chi connectivity index (χ3n) is 1.92. The highest BCUT2D eigenvalue weighted by atomic mass is 79.9. The van der Waals surface area contributed by atoms with Crippen LogP contribution < -0.4 is 10.9 Å². The summed E-state index contributed by atoms with van der Waals surface area (Å²) in [7, 11) is 1.56. The zero-order chi connectivity index (χ0) is 12.0. The van der Waals surface area contributed by atoms with Crippen molar-refractivity contribution in [3.8, 4) is 0 Å². The molecule has 1 N–H and O–H groups in total. The minimum absolute atomic E-state index is 0.0159. The standard InChI is InChI=1S/C10H13BrN2O3/c1-16-6-4-12-9(14)7-13-5-2-3-8(11)10(13)15/h2-3,5H,4,6-7H2,1H3,(H,12,14). The van der Waals surface area contributed by atoms with E-state index in [0.29, 0.717) is 17.6 Å². The summed E-state index contributed by atoms with van der Waals surface area (Å²) in [5.41, 5.74) is -0.218. The van der Waals surface area contributed by atoms with Crippen molar-refractivity contribution >= 4 is 21.8 Å². The van der Waals surface area contributed by atoms with Gasteiger partial charge in [0.1, 0.15) is 6.54 Å². The molecule has 6 heteroatoms. The van der Waals surface area contributed by atoms with Crippen LogP contribution in [0.25, 0.3) is 0 Å². The second-order valence-corrected chi connectivity index (χ2v) is 3.99. The Kier molecular flexibility index (Phi) is 5.21. The molecule has 0 aromatic carbocycles. The van der Waals surface area contributed by atoms with Gasteiger partial charge in [-0.3, -0.25) is 9.59 Å². The van der Waals surface area contributed by atoms with Gasteiger partial charge in [-0.05, 0) is 28.1 Å². The number of rotatable bonds is 5. The van der Waals surface area contributed by atoms with Gasteiger partial charge in [-0.15, -0.1) is 0 Å². The minimum atomic E-state index is -0.218. The van der Waals surface area contributed by atoms with Crippen molar-refractivity contribution in [1.82, 2.24) is 9.88 Å². The third-order valence-corrected chi connectivity index (χ3v) is 2.52. The van der Waals surface area contributed by atoms with E-state index in [9.17, 15) is 9.59 Å². The normalized spacial score (nSPS) is 10.1. The SMILES string of the molecule is COCCNC(=O)Cn1cccc(Br)c1=O. The van der Waals surface area contributed by atoms with Crippen molar-refractivity contribution in [3.63, 3.8) is 0 Å². The van der Waals surface area contributed by atoms with E-state index < -0.39 is 0 Å². The fourth-order valence-corrected chi connectivity index (χ4v) is 1.52. The van der Waals surface area contributed by atoms with Crippen LogP contribution in [0.4, 0.5) is 0 Å². The summed E-state index contributed by atoms with van der Waals surface area (Å²) in [5.74, 6) is -0.211. The highest BCUT2D eigenvalue weighted by molar-refractivity contribution is 9.10. The molecular formula is C10H13BrN2O3. The van der Waals surface area contributed by atoms with Gasteiger partial charge in [-0.2, -0.15) is 0 Å². The van der Waals surface area contributed by atoms with Gasteiger partial charge in [-0.1, -0.05) is 0 Å². The van der Waals surface area contributed by atoms with Crippen molar-refractivity contribution in [1.29, 1.82) is 0 Å². The zero-order valence-electron chi connectivity index (χ0n) is 8.90. The van der Waals surface area contributed by atoms with Crippen LogP contribution in [0, 0.1) is 0 Å². The Balaban J connectivity index is 2.56. The molecule has 88 valence electrons. The summed E-state index contributed by atoms with van der Waals surface area (Å²) in [4.78, 5) is 23.0. The predicted molar refractivity (Wildman–Crippen MR) is 63.3 cm³/mol. The van der Waals surface area contributed by atoms with Crippen LogP contribution in [0.2, 0.25) is 0 Å². The van der Waals surface area contributed by atoms with Gasteiger partial charge >= 0.3 is 0 Å². The first-order valence-corrected chi connectivity index (χ1v) is 5.55. The number of hydrogen-bond acceptors (Lipinski definition) is 3. The molecule has 0 fully saturated rings. The van der Waals surface area contributed by atoms with Gasteiger partial charge in [0, 0.05) is 19.9 Å².